The smallest absolute Gasteiger partial charge is 0.124 e. The topological polar surface area (TPSA) is 23.5 Å². The van der Waals surface area contributed by atoms with E-state index >= 15 is 0 Å². The number of benzene rings is 1. The third-order valence-corrected chi connectivity index (χ3v) is 2.87. The zero-order chi connectivity index (χ0) is 12.0. The molecule has 1 N–H and O–H groups in total. The molecule has 0 atom stereocenters. The van der Waals surface area contributed by atoms with Crippen LogP contribution in [0.5, 0.6) is 0 Å². The van der Waals surface area contributed by atoms with Gasteiger partial charge in [-0.25, -0.2) is 4.39 Å². The Bertz CT molecular complexity index is 313. The van der Waals surface area contributed by atoms with Crippen molar-refractivity contribution in [3.05, 3.63) is 34.1 Å². The summed E-state index contributed by atoms with van der Waals surface area (Å²) in [5.41, 5.74) is 0.951. The Morgan fingerprint density at radius 3 is 2.69 bits per heavy atom. The second kappa shape index (κ2) is 6.99. The van der Waals surface area contributed by atoms with Crippen molar-refractivity contribution >= 4 is 15.9 Å². The van der Waals surface area contributed by atoms with Crippen molar-refractivity contribution in [1.29, 1.82) is 0 Å². The number of rotatable bonds is 6. The van der Waals surface area contributed by atoms with E-state index in [4.69, 9.17) is 5.11 Å². The Morgan fingerprint density at radius 1 is 1.38 bits per heavy atom. The Labute approximate surface area is 104 Å². The highest BCUT2D eigenvalue weighted by Crippen LogP contribution is 2.16. The van der Waals surface area contributed by atoms with Gasteiger partial charge in [0.2, 0.25) is 0 Å². The molecule has 0 fully saturated rings. The molecule has 1 aromatic carbocycles. The van der Waals surface area contributed by atoms with E-state index in [1.807, 2.05) is 6.07 Å². The number of nitrogens with zero attached hydrogens (tertiary/aromatic N) is 1. The molecule has 0 saturated heterocycles. The summed E-state index contributed by atoms with van der Waals surface area (Å²) in [7, 11) is 0. The summed E-state index contributed by atoms with van der Waals surface area (Å²) in [5, 5.41) is 8.77. The van der Waals surface area contributed by atoms with E-state index in [2.05, 4.69) is 27.8 Å². The maximum absolute atomic E-state index is 13.1. The van der Waals surface area contributed by atoms with Crippen molar-refractivity contribution in [2.75, 3.05) is 19.7 Å². The third kappa shape index (κ3) is 4.60. The van der Waals surface area contributed by atoms with Gasteiger partial charge in [-0.1, -0.05) is 22.9 Å². The molecular weight excluding hydrogens is 273 g/mol. The summed E-state index contributed by atoms with van der Waals surface area (Å²) >= 11 is 3.28. The van der Waals surface area contributed by atoms with Gasteiger partial charge in [-0.2, -0.15) is 0 Å². The fraction of sp³-hybridized carbons (Fsp3) is 0.500. The predicted molar refractivity (Wildman–Crippen MR) is 66.8 cm³/mol. The first kappa shape index (κ1) is 13.6. The largest absolute Gasteiger partial charge is 0.396 e. The lowest BCUT2D eigenvalue weighted by Crippen LogP contribution is -2.24. The van der Waals surface area contributed by atoms with E-state index in [-0.39, 0.29) is 12.4 Å². The summed E-state index contributed by atoms with van der Waals surface area (Å²) < 4.78 is 13.9. The Kier molecular flexibility index (Phi) is 5.95. The Balaban J connectivity index is 2.62. The van der Waals surface area contributed by atoms with Gasteiger partial charge in [0.1, 0.15) is 5.82 Å². The van der Waals surface area contributed by atoms with Gasteiger partial charge in [0.05, 0.1) is 0 Å². The highest BCUT2D eigenvalue weighted by molar-refractivity contribution is 9.10. The van der Waals surface area contributed by atoms with Crippen molar-refractivity contribution in [1.82, 2.24) is 4.90 Å². The second-order valence-corrected chi connectivity index (χ2v) is 4.64. The number of halogens is 2. The Morgan fingerprint density at radius 2 is 2.12 bits per heavy atom. The molecule has 0 heterocycles. The zero-order valence-electron chi connectivity index (χ0n) is 9.42. The van der Waals surface area contributed by atoms with Crippen LogP contribution in [0.15, 0.2) is 22.7 Å². The van der Waals surface area contributed by atoms with Crippen molar-refractivity contribution in [2.45, 2.75) is 19.9 Å². The first-order valence-electron chi connectivity index (χ1n) is 5.44. The molecule has 1 aromatic rings. The molecule has 0 aromatic heterocycles. The Hall–Kier alpha value is -0.450. The minimum atomic E-state index is -0.220. The normalized spacial score (nSPS) is 11.1. The summed E-state index contributed by atoms with van der Waals surface area (Å²) in [5.74, 6) is -0.220. The van der Waals surface area contributed by atoms with Gasteiger partial charge >= 0.3 is 0 Å². The van der Waals surface area contributed by atoms with Crippen LogP contribution < -0.4 is 0 Å². The number of aliphatic hydroxyl groups excluding tert-OH is 1. The van der Waals surface area contributed by atoms with E-state index in [1.165, 1.54) is 6.07 Å². The molecule has 2 nitrogen and oxygen atoms in total. The van der Waals surface area contributed by atoms with Crippen molar-refractivity contribution < 1.29 is 9.50 Å². The molecule has 1 rings (SSSR count). The van der Waals surface area contributed by atoms with Crippen LogP contribution in [0.2, 0.25) is 0 Å². The molecule has 0 amide bonds. The van der Waals surface area contributed by atoms with Gasteiger partial charge in [-0.05, 0) is 36.7 Å². The average molecular weight is 290 g/mol. The standard InChI is InChI=1S/C12H17BrFNO/c1-2-15(4-3-5-16)9-10-6-11(13)8-12(14)7-10/h6-8,16H,2-5,9H2,1H3. The molecule has 0 radical (unpaired) electrons. The summed E-state index contributed by atoms with van der Waals surface area (Å²) in [6, 6.07) is 4.92. The SMILES string of the molecule is CCN(CCCO)Cc1cc(F)cc(Br)c1. The van der Waals surface area contributed by atoms with Crippen LogP contribution >= 0.6 is 15.9 Å². The summed E-state index contributed by atoms with van der Waals surface area (Å²) in [6.45, 7) is 4.71. The molecular formula is C12H17BrFNO. The minimum Gasteiger partial charge on any atom is -0.396 e. The van der Waals surface area contributed by atoms with Gasteiger partial charge < -0.3 is 5.11 Å². The van der Waals surface area contributed by atoms with Gasteiger partial charge in [-0.15, -0.1) is 0 Å². The van der Waals surface area contributed by atoms with Crippen LogP contribution in [0, 0.1) is 5.82 Å². The quantitative estimate of drug-likeness (QED) is 0.871. The molecule has 0 spiro atoms. The summed E-state index contributed by atoms with van der Waals surface area (Å²) in [6.07, 6.45) is 0.754. The van der Waals surface area contributed by atoms with E-state index in [9.17, 15) is 4.39 Å². The van der Waals surface area contributed by atoms with Crippen molar-refractivity contribution in [3.8, 4) is 0 Å². The van der Waals surface area contributed by atoms with E-state index in [0.717, 1.165) is 29.5 Å². The van der Waals surface area contributed by atoms with Crippen LogP contribution in [0.25, 0.3) is 0 Å². The van der Waals surface area contributed by atoms with Gasteiger partial charge in [-0.3, -0.25) is 4.90 Å². The summed E-state index contributed by atoms with van der Waals surface area (Å²) in [4.78, 5) is 2.18. The molecule has 0 unspecified atom stereocenters. The van der Waals surface area contributed by atoms with Crippen LogP contribution in [0.1, 0.15) is 18.9 Å². The van der Waals surface area contributed by atoms with Crippen LogP contribution in [0.3, 0.4) is 0 Å². The van der Waals surface area contributed by atoms with Gasteiger partial charge in [0.25, 0.3) is 0 Å². The van der Waals surface area contributed by atoms with Crippen molar-refractivity contribution in [2.24, 2.45) is 0 Å². The van der Waals surface area contributed by atoms with E-state index in [0.29, 0.717) is 6.54 Å². The predicted octanol–water partition coefficient (Wildman–Crippen LogP) is 2.79. The molecule has 0 aliphatic carbocycles. The fourth-order valence-corrected chi connectivity index (χ4v) is 2.12. The molecule has 4 heteroatoms. The van der Waals surface area contributed by atoms with E-state index in [1.54, 1.807) is 6.07 Å². The number of hydrogen-bond acceptors (Lipinski definition) is 2. The fourth-order valence-electron chi connectivity index (χ4n) is 1.60. The highest BCUT2D eigenvalue weighted by atomic mass is 79.9. The maximum Gasteiger partial charge on any atom is 0.124 e. The average Bonchev–Trinajstić information content (AvgIpc) is 2.22. The van der Waals surface area contributed by atoms with Gasteiger partial charge in [0.15, 0.2) is 0 Å². The van der Waals surface area contributed by atoms with Crippen molar-refractivity contribution in [3.63, 3.8) is 0 Å². The van der Waals surface area contributed by atoms with Crippen LogP contribution in [0.4, 0.5) is 4.39 Å². The molecule has 0 aliphatic heterocycles. The monoisotopic (exact) mass is 289 g/mol. The maximum atomic E-state index is 13.1. The van der Waals surface area contributed by atoms with Crippen LogP contribution in [-0.4, -0.2) is 29.7 Å². The van der Waals surface area contributed by atoms with Crippen LogP contribution in [-0.2, 0) is 6.54 Å². The molecule has 0 saturated carbocycles. The lowest BCUT2D eigenvalue weighted by atomic mass is 10.2. The first-order valence-corrected chi connectivity index (χ1v) is 6.23. The molecule has 0 bridgehead atoms. The van der Waals surface area contributed by atoms with E-state index < -0.39 is 0 Å². The first-order chi connectivity index (χ1) is 7.65. The lowest BCUT2D eigenvalue weighted by molar-refractivity contribution is 0.225. The highest BCUT2D eigenvalue weighted by Gasteiger charge is 2.05. The lowest BCUT2D eigenvalue weighted by Gasteiger charge is -2.20. The van der Waals surface area contributed by atoms with Gasteiger partial charge in [0, 0.05) is 24.2 Å². The minimum absolute atomic E-state index is 0.198. The molecule has 16 heavy (non-hydrogen) atoms. The zero-order valence-corrected chi connectivity index (χ0v) is 11.0. The molecule has 0 aliphatic rings. The third-order valence-electron chi connectivity index (χ3n) is 2.41. The second-order valence-electron chi connectivity index (χ2n) is 3.72. The number of aliphatic hydroxyl groups is 1. The molecule has 90 valence electrons. The number of hydrogen-bond donors (Lipinski definition) is 1.